The van der Waals surface area contributed by atoms with Crippen molar-refractivity contribution in [2.75, 3.05) is 0 Å². The molecule has 0 spiro atoms. The smallest absolute Gasteiger partial charge is 0.537 e. The van der Waals surface area contributed by atoms with Crippen molar-refractivity contribution in [3.05, 3.63) is 64.3 Å². The number of phenolic OH excluding ortho intramolecular Hbond substituents is 1. The van der Waals surface area contributed by atoms with Crippen LogP contribution in [0.15, 0.2) is 53.1 Å². The number of halogens is 1. The van der Waals surface area contributed by atoms with Crippen molar-refractivity contribution in [2.45, 2.75) is 13.8 Å². The van der Waals surface area contributed by atoms with Gasteiger partial charge in [-0.05, 0) is 53.0 Å². The first kappa shape index (κ1) is 17.5. The Kier molecular flexibility index (Phi) is 5.11. The molecule has 3 aromatic rings. The Morgan fingerprint density at radius 2 is 1.76 bits per heavy atom. The van der Waals surface area contributed by atoms with Crippen molar-refractivity contribution in [1.82, 2.24) is 4.98 Å². The molecule has 3 rings (SSSR count). The predicted molar refractivity (Wildman–Crippen MR) is 103 cm³/mol. The quantitative estimate of drug-likeness (QED) is 0.506. The van der Waals surface area contributed by atoms with Gasteiger partial charge in [-0.1, -0.05) is 29.8 Å². The molecular weight excluding hydrogens is 381 g/mol. The lowest BCUT2D eigenvalue weighted by atomic mass is 9.96. The number of benzene rings is 2. The van der Waals surface area contributed by atoms with E-state index in [2.05, 4.69) is 20.9 Å². The van der Waals surface area contributed by atoms with E-state index in [4.69, 9.17) is 9.68 Å². The second-order valence-electron chi connectivity index (χ2n) is 5.81. The Hall–Kier alpha value is -2.31. The van der Waals surface area contributed by atoms with E-state index in [0.29, 0.717) is 29.3 Å². The van der Waals surface area contributed by atoms with E-state index in [1.54, 1.807) is 12.1 Å². The van der Waals surface area contributed by atoms with Gasteiger partial charge in [0, 0.05) is 23.3 Å². The molecule has 0 aliphatic rings. The van der Waals surface area contributed by atoms with Gasteiger partial charge in [0.15, 0.2) is 0 Å². The molecule has 0 aliphatic carbocycles. The Bertz CT molecular complexity index is 931. The van der Waals surface area contributed by atoms with E-state index in [1.807, 2.05) is 50.2 Å². The molecule has 1 radical (unpaired) electrons. The summed E-state index contributed by atoms with van der Waals surface area (Å²) in [5, 5.41) is 19.7. The fraction of sp³-hybridized carbons (Fsp3) is 0.105. The summed E-state index contributed by atoms with van der Waals surface area (Å²) in [5.74, 6) is 0.568. The highest BCUT2D eigenvalue weighted by molar-refractivity contribution is 9.10. The van der Waals surface area contributed by atoms with Crippen LogP contribution >= 0.6 is 15.9 Å². The van der Waals surface area contributed by atoms with E-state index in [1.165, 1.54) is 0 Å². The largest absolute Gasteiger partial charge is 0.569 e. The van der Waals surface area contributed by atoms with Crippen LogP contribution in [0.4, 0.5) is 0 Å². The van der Waals surface area contributed by atoms with Crippen LogP contribution in [0.1, 0.15) is 11.1 Å². The van der Waals surface area contributed by atoms with Crippen molar-refractivity contribution in [3.8, 4) is 33.9 Å². The molecule has 0 saturated carbocycles. The summed E-state index contributed by atoms with van der Waals surface area (Å²) < 4.78 is 5.57. The number of hydrogen-bond donors (Lipinski definition) is 2. The molecule has 1 heterocycles. The molecule has 0 aliphatic heterocycles. The molecule has 2 N–H and O–H groups in total. The van der Waals surface area contributed by atoms with Gasteiger partial charge >= 0.3 is 7.69 Å². The number of aryl methyl sites for hydroxylation is 2. The molecule has 0 amide bonds. The van der Waals surface area contributed by atoms with Gasteiger partial charge in [-0.2, -0.15) is 0 Å². The lowest BCUT2D eigenvalue weighted by Crippen LogP contribution is -2.00. The first-order valence-electron chi connectivity index (χ1n) is 7.69. The minimum atomic E-state index is 0.153. The molecule has 2 aromatic carbocycles. The van der Waals surface area contributed by atoms with E-state index < -0.39 is 0 Å². The molecule has 0 saturated heterocycles. The molecule has 0 atom stereocenters. The second-order valence-corrected chi connectivity index (χ2v) is 6.62. The van der Waals surface area contributed by atoms with Gasteiger partial charge in [-0.25, -0.2) is 4.98 Å². The Balaban J connectivity index is 2.18. The summed E-state index contributed by atoms with van der Waals surface area (Å²) >= 11 is 3.33. The lowest BCUT2D eigenvalue weighted by molar-refractivity contribution is 0.453. The maximum Gasteiger partial charge on any atom is 0.569 e. The van der Waals surface area contributed by atoms with Crippen LogP contribution in [0, 0.1) is 13.8 Å². The number of aromatic nitrogens is 1. The van der Waals surface area contributed by atoms with E-state index in [0.717, 1.165) is 22.3 Å². The zero-order chi connectivity index (χ0) is 18.0. The second kappa shape index (κ2) is 7.29. The highest BCUT2D eigenvalue weighted by Crippen LogP contribution is 2.40. The van der Waals surface area contributed by atoms with Crippen LogP contribution in [0.25, 0.3) is 22.4 Å². The molecule has 25 heavy (non-hydrogen) atoms. The molecule has 0 bridgehead atoms. The first-order valence-corrected chi connectivity index (χ1v) is 8.48. The maximum absolute atomic E-state index is 10.9. The first-order chi connectivity index (χ1) is 12.0. The van der Waals surface area contributed by atoms with Crippen molar-refractivity contribution in [1.29, 1.82) is 0 Å². The number of phenols is 1. The third-order valence-electron chi connectivity index (χ3n) is 3.82. The normalized spacial score (nSPS) is 10.6. The fourth-order valence-electron chi connectivity index (χ4n) is 2.75. The van der Waals surface area contributed by atoms with E-state index in [-0.39, 0.29) is 5.75 Å². The minimum Gasteiger partial charge on any atom is -0.537 e. The SMILES string of the molecule is Cc1cccc(-c2cc(C)cc(-c3cc(O[B]O)cc(Br)n3)c2O)c1. The van der Waals surface area contributed by atoms with E-state index >= 15 is 0 Å². The van der Waals surface area contributed by atoms with Crippen LogP contribution in [-0.4, -0.2) is 22.8 Å². The molecule has 0 unspecified atom stereocenters. The van der Waals surface area contributed by atoms with Gasteiger partial charge in [-0.3, -0.25) is 0 Å². The predicted octanol–water partition coefficient (Wildman–Crippen LogP) is 4.41. The molecule has 1 aromatic heterocycles. The van der Waals surface area contributed by atoms with Crippen molar-refractivity contribution in [2.24, 2.45) is 0 Å². The Labute approximate surface area is 155 Å². The lowest BCUT2D eigenvalue weighted by Gasteiger charge is -2.13. The summed E-state index contributed by atoms with van der Waals surface area (Å²) in [6, 6.07) is 15.1. The molecule has 0 fully saturated rings. The average Bonchev–Trinajstić information content (AvgIpc) is 2.56. The Morgan fingerprint density at radius 3 is 2.48 bits per heavy atom. The van der Waals surface area contributed by atoms with E-state index in [9.17, 15) is 5.11 Å². The van der Waals surface area contributed by atoms with Crippen LogP contribution in [0.3, 0.4) is 0 Å². The highest BCUT2D eigenvalue weighted by atomic mass is 79.9. The minimum absolute atomic E-state index is 0.153. The van der Waals surface area contributed by atoms with Crippen LogP contribution < -0.4 is 4.65 Å². The van der Waals surface area contributed by atoms with Crippen molar-refractivity contribution < 1.29 is 14.8 Å². The van der Waals surface area contributed by atoms with Crippen LogP contribution in [0.2, 0.25) is 0 Å². The number of pyridine rings is 1. The third kappa shape index (κ3) is 3.86. The average molecular weight is 397 g/mol. The molecule has 6 heteroatoms. The molecule has 4 nitrogen and oxygen atoms in total. The van der Waals surface area contributed by atoms with Crippen molar-refractivity contribution in [3.63, 3.8) is 0 Å². The zero-order valence-electron chi connectivity index (χ0n) is 13.8. The fourth-order valence-corrected chi connectivity index (χ4v) is 3.16. The van der Waals surface area contributed by atoms with Gasteiger partial charge in [0.1, 0.15) is 16.1 Å². The summed E-state index contributed by atoms with van der Waals surface area (Å²) in [4.78, 5) is 4.42. The number of nitrogens with zero attached hydrogens (tertiary/aromatic N) is 1. The van der Waals surface area contributed by atoms with Crippen molar-refractivity contribution >= 4 is 23.6 Å². The maximum atomic E-state index is 10.9. The Morgan fingerprint density at radius 1 is 1.00 bits per heavy atom. The summed E-state index contributed by atoms with van der Waals surface area (Å²) in [6.45, 7) is 3.99. The summed E-state index contributed by atoms with van der Waals surface area (Å²) in [5.41, 5.74) is 4.95. The van der Waals surface area contributed by atoms with Gasteiger partial charge in [-0.15, -0.1) is 0 Å². The zero-order valence-corrected chi connectivity index (χ0v) is 15.4. The number of hydrogen-bond acceptors (Lipinski definition) is 4. The summed E-state index contributed by atoms with van der Waals surface area (Å²) in [7, 11) is 0.611. The highest BCUT2D eigenvalue weighted by Gasteiger charge is 2.15. The standard InChI is InChI=1S/C19H16BBrNO3/c1-11-4-3-5-13(6-11)15-7-12(2)8-16(19(15)23)17-9-14(25-20-24)10-18(21)22-17/h3-10,23-24H,1-2H3. The molecule has 125 valence electrons. The third-order valence-corrected chi connectivity index (χ3v) is 4.22. The topological polar surface area (TPSA) is 62.6 Å². The van der Waals surface area contributed by atoms with Crippen LogP contribution in [-0.2, 0) is 0 Å². The van der Waals surface area contributed by atoms with Crippen LogP contribution in [0.5, 0.6) is 11.5 Å². The summed E-state index contributed by atoms with van der Waals surface area (Å²) in [6.07, 6.45) is 0. The number of rotatable bonds is 4. The van der Waals surface area contributed by atoms with Gasteiger partial charge in [0.25, 0.3) is 0 Å². The van der Waals surface area contributed by atoms with Gasteiger partial charge in [0.2, 0.25) is 0 Å². The molecular formula is C19H16BBrNO3. The monoisotopic (exact) mass is 396 g/mol. The van der Waals surface area contributed by atoms with Gasteiger partial charge in [0.05, 0.1) is 5.69 Å². The van der Waals surface area contributed by atoms with Gasteiger partial charge < -0.3 is 14.8 Å². The number of aromatic hydroxyl groups is 1.